The molecule has 0 saturated carbocycles. The molecule has 1 aromatic carbocycles. The molecule has 0 radical (unpaired) electrons. The first-order chi connectivity index (χ1) is 8.02. The summed E-state index contributed by atoms with van der Waals surface area (Å²) in [6, 6.07) is 9.49. The normalized spacial score (nSPS) is 10.3. The number of nitrogen functional groups attached to an aromatic ring is 1. The average molecular weight is 244 g/mol. The van der Waals surface area contributed by atoms with Crippen molar-refractivity contribution in [2.24, 2.45) is 0 Å². The van der Waals surface area contributed by atoms with Crippen LogP contribution in [0.25, 0.3) is 0 Å². The topological polar surface area (TPSA) is 130 Å². The van der Waals surface area contributed by atoms with E-state index in [9.17, 15) is 10.1 Å². The van der Waals surface area contributed by atoms with Crippen LogP contribution in [-0.4, -0.2) is 45.6 Å². The van der Waals surface area contributed by atoms with Crippen LogP contribution in [0.1, 0.15) is 0 Å². The molecule has 0 aromatic heterocycles. The van der Waals surface area contributed by atoms with Crippen molar-refractivity contribution in [3.8, 4) is 0 Å². The summed E-state index contributed by atoms with van der Waals surface area (Å²) >= 11 is 0. The quantitative estimate of drug-likeness (QED) is 0.313. The second kappa shape index (κ2) is 7.55. The van der Waals surface area contributed by atoms with Gasteiger partial charge in [0, 0.05) is 10.6 Å². The van der Waals surface area contributed by atoms with Gasteiger partial charge in [0.15, 0.2) is 0 Å². The van der Waals surface area contributed by atoms with Crippen LogP contribution in [0.2, 0.25) is 0 Å². The lowest BCUT2D eigenvalue weighted by Crippen LogP contribution is -2.49. The second-order valence-corrected chi connectivity index (χ2v) is 3.37. The molecular formula is C10H16N2O5. The molecule has 0 saturated heterocycles. The van der Waals surface area contributed by atoms with Gasteiger partial charge in [0.2, 0.25) is 0 Å². The third-order valence-electron chi connectivity index (χ3n) is 2.07. The van der Waals surface area contributed by atoms with Gasteiger partial charge in [0.05, 0.1) is 0 Å². The molecule has 0 amide bonds. The van der Waals surface area contributed by atoms with Gasteiger partial charge in [-0.3, -0.25) is 10.1 Å². The molecular weight excluding hydrogens is 228 g/mol. The minimum atomic E-state index is -1.99. The fourth-order valence-corrected chi connectivity index (χ4v) is 0.776. The van der Waals surface area contributed by atoms with Crippen LogP contribution in [0.5, 0.6) is 0 Å². The van der Waals surface area contributed by atoms with Gasteiger partial charge in [-0.1, -0.05) is 18.2 Å². The lowest BCUT2D eigenvalue weighted by atomic mass is 10.1. The summed E-state index contributed by atoms with van der Waals surface area (Å²) < 4.78 is 0. The highest BCUT2D eigenvalue weighted by Crippen LogP contribution is 2.05. The summed E-state index contributed by atoms with van der Waals surface area (Å²) in [5.74, 6) is 0. The van der Waals surface area contributed by atoms with Gasteiger partial charge in [-0.15, -0.1) is 0 Å². The highest BCUT2D eigenvalue weighted by atomic mass is 16.6. The molecule has 1 rings (SSSR count). The Balaban J connectivity index is 0.000000318. The van der Waals surface area contributed by atoms with Gasteiger partial charge in [-0.05, 0) is 12.1 Å². The van der Waals surface area contributed by atoms with Crippen LogP contribution in [-0.2, 0) is 0 Å². The van der Waals surface area contributed by atoms with Crippen molar-refractivity contribution >= 4 is 5.69 Å². The fraction of sp³-hybridized carbons (Fsp3) is 0.400. The fourth-order valence-electron chi connectivity index (χ4n) is 0.776. The number of nitrogens with two attached hydrogens (primary N) is 1. The summed E-state index contributed by atoms with van der Waals surface area (Å²) in [6.07, 6.45) is 0. The van der Waals surface area contributed by atoms with E-state index in [4.69, 9.17) is 21.1 Å². The number of para-hydroxylation sites is 1. The Labute approximate surface area is 98.3 Å². The Morgan fingerprint density at radius 1 is 1.12 bits per heavy atom. The third-order valence-corrected chi connectivity index (χ3v) is 2.07. The van der Waals surface area contributed by atoms with Gasteiger partial charge in [-0.25, -0.2) is 0 Å². The standard InChI is InChI=1S/C6H7N.C4H9NO5/c7-6-4-2-1-3-5-6;6-1-4(2-7,3-8)5(9)10/h1-5H,7H2;6-8H,1-3H2. The van der Waals surface area contributed by atoms with Gasteiger partial charge in [0.25, 0.3) is 5.54 Å². The zero-order valence-corrected chi connectivity index (χ0v) is 9.19. The maximum absolute atomic E-state index is 10.0. The molecule has 7 nitrogen and oxygen atoms in total. The van der Waals surface area contributed by atoms with Crippen LogP contribution < -0.4 is 5.73 Å². The number of hydrogen-bond donors (Lipinski definition) is 4. The van der Waals surface area contributed by atoms with E-state index >= 15 is 0 Å². The average Bonchev–Trinajstić information content (AvgIpc) is 2.33. The van der Waals surface area contributed by atoms with Crippen molar-refractivity contribution in [2.75, 3.05) is 25.6 Å². The SMILES string of the molecule is Nc1ccccc1.O=[N+]([O-])C(CO)(CO)CO. The van der Waals surface area contributed by atoms with Crippen molar-refractivity contribution in [2.45, 2.75) is 5.54 Å². The van der Waals surface area contributed by atoms with E-state index in [0.717, 1.165) is 5.69 Å². The molecule has 5 N–H and O–H groups in total. The minimum absolute atomic E-state index is 0.822. The molecule has 0 spiro atoms. The zero-order valence-electron chi connectivity index (χ0n) is 9.19. The van der Waals surface area contributed by atoms with Crippen LogP contribution in [0.4, 0.5) is 5.69 Å². The predicted octanol–water partition coefficient (Wildman–Crippen LogP) is -0.752. The first kappa shape index (κ1) is 15.3. The van der Waals surface area contributed by atoms with Gasteiger partial charge in [0.1, 0.15) is 19.8 Å². The number of aliphatic hydroxyl groups is 3. The minimum Gasteiger partial charge on any atom is -0.399 e. The molecule has 0 unspecified atom stereocenters. The first-order valence-corrected chi connectivity index (χ1v) is 4.80. The molecule has 0 aliphatic carbocycles. The third kappa shape index (κ3) is 4.77. The maximum Gasteiger partial charge on any atom is 0.289 e. The Hall–Kier alpha value is -1.70. The Bertz CT molecular complexity index is 318. The molecule has 0 heterocycles. The largest absolute Gasteiger partial charge is 0.399 e. The highest BCUT2D eigenvalue weighted by molar-refractivity contribution is 5.35. The Morgan fingerprint density at radius 3 is 1.65 bits per heavy atom. The van der Waals surface area contributed by atoms with E-state index < -0.39 is 30.3 Å². The van der Waals surface area contributed by atoms with Crippen LogP contribution in [0, 0.1) is 10.1 Å². The summed E-state index contributed by atoms with van der Waals surface area (Å²) in [7, 11) is 0. The van der Waals surface area contributed by atoms with Crippen molar-refractivity contribution < 1.29 is 20.2 Å². The molecule has 0 fully saturated rings. The summed E-state index contributed by atoms with van der Waals surface area (Å²) in [6.45, 7) is -2.60. The summed E-state index contributed by atoms with van der Waals surface area (Å²) in [4.78, 5) is 9.14. The molecule has 0 atom stereocenters. The highest BCUT2D eigenvalue weighted by Gasteiger charge is 2.41. The lowest BCUT2D eigenvalue weighted by Gasteiger charge is -2.16. The van der Waals surface area contributed by atoms with Gasteiger partial charge in [-0.2, -0.15) is 0 Å². The number of rotatable bonds is 4. The van der Waals surface area contributed by atoms with E-state index in [1.54, 1.807) is 0 Å². The summed E-state index contributed by atoms with van der Waals surface area (Å²) in [5, 5.41) is 35.2. The van der Waals surface area contributed by atoms with Crippen LogP contribution in [0.3, 0.4) is 0 Å². The molecule has 7 heteroatoms. The van der Waals surface area contributed by atoms with E-state index in [1.165, 1.54) is 0 Å². The number of benzene rings is 1. The molecule has 96 valence electrons. The molecule has 0 aliphatic heterocycles. The van der Waals surface area contributed by atoms with Crippen molar-refractivity contribution in [3.63, 3.8) is 0 Å². The van der Waals surface area contributed by atoms with E-state index in [1.807, 2.05) is 30.3 Å². The molecule has 0 aliphatic rings. The van der Waals surface area contributed by atoms with E-state index in [0.29, 0.717) is 0 Å². The molecule has 1 aromatic rings. The summed E-state index contributed by atoms with van der Waals surface area (Å²) in [5.41, 5.74) is 4.19. The second-order valence-electron chi connectivity index (χ2n) is 3.37. The van der Waals surface area contributed by atoms with Crippen LogP contribution >= 0.6 is 0 Å². The van der Waals surface area contributed by atoms with E-state index in [-0.39, 0.29) is 0 Å². The Morgan fingerprint density at radius 2 is 1.53 bits per heavy atom. The smallest absolute Gasteiger partial charge is 0.289 e. The monoisotopic (exact) mass is 244 g/mol. The zero-order chi connectivity index (χ0) is 13.3. The number of hydrogen-bond acceptors (Lipinski definition) is 6. The van der Waals surface area contributed by atoms with Crippen molar-refractivity contribution in [1.82, 2.24) is 0 Å². The van der Waals surface area contributed by atoms with Gasteiger partial charge < -0.3 is 21.1 Å². The van der Waals surface area contributed by atoms with E-state index in [2.05, 4.69) is 0 Å². The van der Waals surface area contributed by atoms with Crippen LogP contribution in [0.15, 0.2) is 30.3 Å². The molecule has 17 heavy (non-hydrogen) atoms. The van der Waals surface area contributed by atoms with Gasteiger partial charge >= 0.3 is 0 Å². The first-order valence-electron chi connectivity index (χ1n) is 4.80. The van der Waals surface area contributed by atoms with Crippen molar-refractivity contribution in [3.05, 3.63) is 40.4 Å². The molecule has 0 bridgehead atoms. The number of aliphatic hydroxyl groups excluding tert-OH is 3. The predicted molar refractivity (Wildman–Crippen MR) is 61.8 cm³/mol. The number of nitro groups is 1. The maximum atomic E-state index is 10.0. The number of anilines is 1. The van der Waals surface area contributed by atoms with Crippen molar-refractivity contribution in [1.29, 1.82) is 0 Å². The lowest BCUT2D eigenvalue weighted by molar-refractivity contribution is -0.580. The number of nitrogens with zero attached hydrogens (tertiary/aromatic N) is 1. The Kier molecular flexibility index (Phi) is 6.80.